The molecule has 0 aliphatic carbocycles. The zero-order valence-electron chi connectivity index (χ0n) is 16.5. The minimum Gasteiger partial charge on any atom is -0.353 e. The lowest BCUT2D eigenvalue weighted by Crippen LogP contribution is -2.49. The Kier molecular flexibility index (Phi) is 5.11. The Balaban J connectivity index is 1.42. The summed E-state index contributed by atoms with van der Waals surface area (Å²) < 4.78 is 1.90. The van der Waals surface area contributed by atoms with Crippen LogP contribution in [0.2, 0.25) is 0 Å². The van der Waals surface area contributed by atoms with E-state index in [4.69, 9.17) is 0 Å². The topological polar surface area (TPSA) is 95.7 Å². The first-order chi connectivity index (χ1) is 14.0. The van der Waals surface area contributed by atoms with Crippen LogP contribution in [0.1, 0.15) is 29.9 Å². The second-order valence-electron chi connectivity index (χ2n) is 7.00. The molecular weight excluding hydrogens is 370 g/mol. The SMILES string of the molecule is CCc1cc(N2CCN(C(=O)c3ccc(NC(C)=O)cc3)CC2)nc2nncn12. The minimum atomic E-state index is -0.135. The van der Waals surface area contributed by atoms with Crippen LogP contribution in [-0.2, 0) is 11.2 Å². The number of carbonyl (C=O) groups is 2. The van der Waals surface area contributed by atoms with Gasteiger partial charge in [-0.3, -0.25) is 14.0 Å². The largest absolute Gasteiger partial charge is 0.353 e. The number of anilines is 2. The second-order valence-corrected chi connectivity index (χ2v) is 7.00. The van der Waals surface area contributed by atoms with Crippen molar-refractivity contribution in [1.82, 2.24) is 24.5 Å². The molecule has 0 unspecified atom stereocenters. The van der Waals surface area contributed by atoms with Gasteiger partial charge in [0.05, 0.1) is 0 Å². The number of benzene rings is 1. The maximum atomic E-state index is 12.8. The first-order valence-corrected chi connectivity index (χ1v) is 9.66. The molecule has 150 valence electrons. The zero-order chi connectivity index (χ0) is 20.4. The van der Waals surface area contributed by atoms with Crippen LogP contribution in [-0.4, -0.2) is 62.5 Å². The second kappa shape index (κ2) is 7.86. The number of hydrogen-bond acceptors (Lipinski definition) is 6. The van der Waals surface area contributed by atoms with Gasteiger partial charge in [0.15, 0.2) is 0 Å². The predicted molar refractivity (Wildman–Crippen MR) is 109 cm³/mol. The first-order valence-electron chi connectivity index (χ1n) is 9.66. The van der Waals surface area contributed by atoms with Crippen molar-refractivity contribution in [1.29, 1.82) is 0 Å². The van der Waals surface area contributed by atoms with Crippen LogP contribution >= 0.6 is 0 Å². The maximum Gasteiger partial charge on any atom is 0.256 e. The Labute approximate surface area is 168 Å². The standard InChI is InChI=1S/C20H23N7O2/c1-3-17-12-18(23-20-24-21-13-27(17)20)25-8-10-26(11-9-25)19(29)15-4-6-16(7-5-15)22-14(2)28/h4-7,12-13H,3,8-11H2,1-2H3,(H,22,28). The van der Waals surface area contributed by atoms with Gasteiger partial charge in [0.25, 0.3) is 11.7 Å². The van der Waals surface area contributed by atoms with Crippen molar-refractivity contribution in [3.05, 3.63) is 47.9 Å². The summed E-state index contributed by atoms with van der Waals surface area (Å²) in [7, 11) is 0. The first kappa shape index (κ1) is 18.9. The van der Waals surface area contributed by atoms with Crippen molar-refractivity contribution in [2.75, 3.05) is 36.4 Å². The third kappa shape index (κ3) is 3.89. The summed E-state index contributed by atoms with van der Waals surface area (Å²) in [6.45, 7) is 6.19. The fourth-order valence-corrected chi connectivity index (χ4v) is 3.52. The monoisotopic (exact) mass is 393 g/mol. The van der Waals surface area contributed by atoms with Gasteiger partial charge < -0.3 is 15.1 Å². The van der Waals surface area contributed by atoms with Crippen LogP contribution in [0, 0.1) is 0 Å². The summed E-state index contributed by atoms with van der Waals surface area (Å²) >= 11 is 0. The summed E-state index contributed by atoms with van der Waals surface area (Å²) in [6, 6.07) is 9.04. The molecule has 0 spiro atoms. The number of nitrogens with one attached hydrogen (secondary N) is 1. The molecular formula is C20H23N7O2. The summed E-state index contributed by atoms with van der Waals surface area (Å²) in [5.41, 5.74) is 2.40. The van der Waals surface area contributed by atoms with E-state index in [0.717, 1.165) is 17.9 Å². The smallest absolute Gasteiger partial charge is 0.256 e. The molecule has 1 aliphatic rings. The number of rotatable bonds is 4. The third-order valence-electron chi connectivity index (χ3n) is 5.05. The lowest BCUT2D eigenvalue weighted by Gasteiger charge is -2.35. The van der Waals surface area contributed by atoms with Crippen molar-refractivity contribution in [3.8, 4) is 0 Å². The van der Waals surface area contributed by atoms with Crippen molar-refractivity contribution in [2.24, 2.45) is 0 Å². The molecule has 2 amide bonds. The molecule has 1 aliphatic heterocycles. The number of fused-ring (bicyclic) bond motifs is 1. The number of nitrogens with zero attached hydrogens (tertiary/aromatic N) is 6. The van der Waals surface area contributed by atoms with E-state index in [-0.39, 0.29) is 11.8 Å². The van der Waals surface area contributed by atoms with Gasteiger partial charge in [0.2, 0.25) is 5.91 Å². The number of aryl methyl sites for hydroxylation is 1. The molecule has 1 fully saturated rings. The molecule has 0 bridgehead atoms. The van der Waals surface area contributed by atoms with Gasteiger partial charge in [-0.25, -0.2) is 0 Å². The van der Waals surface area contributed by atoms with Gasteiger partial charge in [-0.2, -0.15) is 4.98 Å². The fourth-order valence-electron chi connectivity index (χ4n) is 3.52. The van der Waals surface area contributed by atoms with Crippen molar-refractivity contribution in [2.45, 2.75) is 20.3 Å². The summed E-state index contributed by atoms with van der Waals surface area (Å²) in [4.78, 5) is 32.6. The van der Waals surface area contributed by atoms with E-state index in [9.17, 15) is 9.59 Å². The average molecular weight is 393 g/mol. The number of amides is 2. The highest BCUT2D eigenvalue weighted by molar-refractivity contribution is 5.95. The highest BCUT2D eigenvalue weighted by Crippen LogP contribution is 2.19. The zero-order valence-corrected chi connectivity index (χ0v) is 16.5. The Morgan fingerprint density at radius 3 is 2.48 bits per heavy atom. The average Bonchev–Trinajstić information content (AvgIpc) is 3.21. The van der Waals surface area contributed by atoms with E-state index in [1.165, 1.54) is 6.92 Å². The quantitative estimate of drug-likeness (QED) is 0.724. The molecule has 0 saturated carbocycles. The van der Waals surface area contributed by atoms with Gasteiger partial charge in [-0.15, -0.1) is 10.2 Å². The Morgan fingerprint density at radius 2 is 1.83 bits per heavy atom. The van der Waals surface area contributed by atoms with Crippen LogP contribution < -0.4 is 10.2 Å². The van der Waals surface area contributed by atoms with E-state index in [1.54, 1.807) is 30.6 Å². The number of carbonyl (C=O) groups excluding carboxylic acids is 2. The van der Waals surface area contributed by atoms with Crippen molar-refractivity contribution >= 4 is 29.1 Å². The predicted octanol–water partition coefficient (Wildman–Crippen LogP) is 1.61. The van der Waals surface area contributed by atoms with E-state index >= 15 is 0 Å². The molecule has 2 aromatic heterocycles. The molecule has 3 aromatic rings. The van der Waals surface area contributed by atoms with Crippen molar-refractivity contribution < 1.29 is 9.59 Å². The fraction of sp³-hybridized carbons (Fsp3) is 0.350. The van der Waals surface area contributed by atoms with E-state index < -0.39 is 0 Å². The van der Waals surface area contributed by atoms with Crippen molar-refractivity contribution in [3.63, 3.8) is 0 Å². The summed E-state index contributed by atoms with van der Waals surface area (Å²) in [6.07, 6.45) is 2.54. The van der Waals surface area contributed by atoms with Crippen LogP contribution in [0.4, 0.5) is 11.5 Å². The molecule has 0 radical (unpaired) electrons. The summed E-state index contributed by atoms with van der Waals surface area (Å²) in [5, 5.41) is 10.7. The molecule has 1 aromatic carbocycles. The third-order valence-corrected chi connectivity index (χ3v) is 5.05. The highest BCUT2D eigenvalue weighted by Gasteiger charge is 2.23. The normalized spacial score (nSPS) is 14.3. The Bertz CT molecular complexity index is 1040. The van der Waals surface area contributed by atoms with Gasteiger partial charge in [0, 0.05) is 56.1 Å². The minimum absolute atomic E-state index is 0.00543. The van der Waals surface area contributed by atoms with Crippen LogP contribution in [0.3, 0.4) is 0 Å². The van der Waals surface area contributed by atoms with Gasteiger partial charge >= 0.3 is 0 Å². The van der Waals surface area contributed by atoms with E-state index in [0.29, 0.717) is 43.2 Å². The van der Waals surface area contributed by atoms with Gasteiger partial charge in [0.1, 0.15) is 12.1 Å². The van der Waals surface area contributed by atoms with Crippen LogP contribution in [0.15, 0.2) is 36.7 Å². The molecule has 1 N–H and O–H groups in total. The molecule has 1 saturated heterocycles. The molecule has 29 heavy (non-hydrogen) atoms. The molecule has 4 rings (SSSR count). The van der Waals surface area contributed by atoms with Gasteiger partial charge in [-0.05, 0) is 30.7 Å². The van der Waals surface area contributed by atoms with E-state index in [2.05, 4.69) is 38.4 Å². The number of piperazine rings is 1. The van der Waals surface area contributed by atoms with Gasteiger partial charge in [-0.1, -0.05) is 6.92 Å². The van der Waals surface area contributed by atoms with E-state index in [1.807, 2.05) is 9.30 Å². The lowest BCUT2D eigenvalue weighted by molar-refractivity contribution is -0.114. The highest BCUT2D eigenvalue weighted by atomic mass is 16.2. The Hall–Kier alpha value is -3.49. The van der Waals surface area contributed by atoms with Crippen LogP contribution in [0.5, 0.6) is 0 Å². The Morgan fingerprint density at radius 1 is 1.10 bits per heavy atom. The number of hydrogen-bond donors (Lipinski definition) is 1. The lowest BCUT2D eigenvalue weighted by atomic mass is 10.1. The maximum absolute atomic E-state index is 12.8. The molecule has 9 nitrogen and oxygen atoms in total. The molecule has 9 heteroatoms. The van der Waals surface area contributed by atoms with Crippen LogP contribution in [0.25, 0.3) is 5.78 Å². The number of aromatic nitrogens is 4. The summed E-state index contributed by atoms with van der Waals surface area (Å²) in [5.74, 6) is 1.32. The molecule has 0 atom stereocenters. The molecule has 3 heterocycles.